The van der Waals surface area contributed by atoms with Gasteiger partial charge in [0.15, 0.2) is 0 Å². The average molecular weight is 250 g/mol. The molecule has 0 radical (unpaired) electrons. The quantitative estimate of drug-likeness (QED) is 0.847. The second-order valence-corrected chi connectivity index (χ2v) is 4.82. The summed E-state index contributed by atoms with van der Waals surface area (Å²) in [5, 5.41) is 5.84. The fourth-order valence-corrected chi connectivity index (χ4v) is 2.29. The van der Waals surface area contributed by atoms with Gasteiger partial charge in [0.1, 0.15) is 5.82 Å². The summed E-state index contributed by atoms with van der Waals surface area (Å²) in [6.45, 7) is 2.69. The van der Waals surface area contributed by atoms with E-state index in [1.54, 1.807) is 12.1 Å². The highest BCUT2D eigenvalue weighted by Gasteiger charge is 2.39. The maximum atomic E-state index is 12.9. The van der Waals surface area contributed by atoms with Crippen molar-refractivity contribution in [3.8, 4) is 0 Å². The van der Waals surface area contributed by atoms with Crippen LogP contribution >= 0.6 is 0 Å². The van der Waals surface area contributed by atoms with E-state index in [1.807, 2.05) is 6.92 Å². The van der Waals surface area contributed by atoms with Crippen molar-refractivity contribution in [3.05, 3.63) is 35.6 Å². The fourth-order valence-electron chi connectivity index (χ4n) is 2.29. The summed E-state index contributed by atoms with van der Waals surface area (Å²) in [6, 6.07) is 6.27. The minimum absolute atomic E-state index is 0.138. The lowest BCUT2D eigenvalue weighted by atomic mass is 9.72. The summed E-state index contributed by atoms with van der Waals surface area (Å²) in [6.07, 6.45) is 3.83. The highest BCUT2D eigenvalue weighted by atomic mass is 19.1. The van der Waals surface area contributed by atoms with Gasteiger partial charge in [-0.2, -0.15) is 0 Å². The normalized spacial score (nSPS) is 16.8. The average Bonchev–Trinajstić information content (AvgIpc) is 2.32. The van der Waals surface area contributed by atoms with E-state index in [0.29, 0.717) is 6.54 Å². The molecule has 98 valence electrons. The van der Waals surface area contributed by atoms with E-state index in [1.165, 1.54) is 12.1 Å². The van der Waals surface area contributed by atoms with Gasteiger partial charge in [0.2, 0.25) is 0 Å². The highest BCUT2D eigenvalue weighted by Crippen LogP contribution is 2.41. The van der Waals surface area contributed by atoms with Crippen LogP contribution in [0.25, 0.3) is 0 Å². The zero-order chi connectivity index (χ0) is 13.0. The lowest BCUT2D eigenvalue weighted by Gasteiger charge is -2.43. The predicted molar refractivity (Wildman–Crippen MR) is 68.8 cm³/mol. The van der Waals surface area contributed by atoms with Crippen LogP contribution in [0, 0.1) is 5.82 Å². The van der Waals surface area contributed by atoms with Crippen LogP contribution in [0.4, 0.5) is 9.18 Å². The van der Waals surface area contributed by atoms with Crippen LogP contribution in [0.3, 0.4) is 0 Å². The van der Waals surface area contributed by atoms with E-state index < -0.39 is 0 Å². The monoisotopic (exact) mass is 250 g/mol. The second-order valence-electron chi connectivity index (χ2n) is 4.82. The molecular weight excluding hydrogens is 231 g/mol. The minimum Gasteiger partial charge on any atom is -0.338 e. The van der Waals surface area contributed by atoms with E-state index >= 15 is 0 Å². The number of carbonyl (C=O) groups is 1. The Labute approximate surface area is 107 Å². The molecule has 3 nitrogen and oxygen atoms in total. The van der Waals surface area contributed by atoms with E-state index in [0.717, 1.165) is 31.2 Å². The van der Waals surface area contributed by atoms with E-state index in [-0.39, 0.29) is 17.4 Å². The van der Waals surface area contributed by atoms with Crippen molar-refractivity contribution in [1.29, 1.82) is 0 Å². The van der Waals surface area contributed by atoms with Gasteiger partial charge in [-0.3, -0.25) is 0 Å². The Hall–Kier alpha value is -1.58. The molecule has 2 rings (SSSR count). The summed E-state index contributed by atoms with van der Waals surface area (Å²) >= 11 is 0. The van der Waals surface area contributed by atoms with Gasteiger partial charge in [-0.1, -0.05) is 19.1 Å². The van der Waals surface area contributed by atoms with Gasteiger partial charge >= 0.3 is 6.03 Å². The topological polar surface area (TPSA) is 41.1 Å². The zero-order valence-electron chi connectivity index (χ0n) is 10.6. The zero-order valence-corrected chi connectivity index (χ0v) is 10.6. The maximum Gasteiger partial charge on any atom is 0.315 e. The number of benzene rings is 1. The van der Waals surface area contributed by atoms with Crippen molar-refractivity contribution in [3.63, 3.8) is 0 Å². The molecule has 1 aliphatic rings. The summed E-state index contributed by atoms with van der Waals surface area (Å²) < 4.78 is 12.9. The highest BCUT2D eigenvalue weighted by molar-refractivity contribution is 5.75. The fraction of sp³-hybridized carbons (Fsp3) is 0.500. The molecule has 0 heterocycles. The molecule has 4 heteroatoms. The van der Waals surface area contributed by atoms with Crippen molar-refractivity contribution >= 4 is 6.03 Å². The number of hydrogen-bond acceptors (Lipinski definition) is 1. The molecule has 0 aromatic heterocycles. The van der Waals surface area contributed by atoms with Gasteiger partial charge in [-0.05, 0) is 43.4 Å². The maximum absolute atomic E-state index is 12.9. The molecule has 1 saturated carbocycles. The molecule has 1 aliphatic carbocycles. The molecule has 0 saturated heterocycles. The molecule has 2 N–H and O–H groups in total. The first kappa shape index (κ1) is 12.9. The largest absolute Gasteiger partial charge is 0.338 e. The Morgan fingerprint density at radius 1 is 1.33 bits per heavy atom. The summed E-state index contributed by atoms with van der Waals surface area (Å²) in [5.74, 6) is -0.247. The van der Waals surface area contributed by atoms with E-state index in [4.69, 9.17) is 0 Å². The van der Waals surface area contributed by atoms with Gasteiger partial charge in [-0.25, -0.2) is 9.18 Å². The molecule has 1 fully saturated rings. The first-order chi connectivity index (χ1) is 8.66. The van der Waals surface area contributed by atoms with Crippen molar-refractivity contribution in [2.45, 2.75) is 38.1 Å². The number of amides is 2. The standard InChI is InChI=1S/C14H19FN2O/c1-2-10-16-13(18)17-14(8-3-9-14)11-4-6-12(15)7-5-11/h4-7H,2-3,8-10H2,1H3,(H2,16,17,18). The van der Waals surface area contributed by atoms with E-state index in [2.05, 4.69) is 10.6 Å². The SMILES string of the molecule is CCCNC(=O)NC1(c2ccc(F)cc2)CCC1. The summed E-state index contributed by atoms with van der Waals surface area (Å²) in [7, 11) is 0. The molecular formula is C14H19FN2O. The van der Waals surface area contributed by atoms with Gasteiger partial charge in [0.05, 0.1) is 5.54 Å². The third-order valence-electron chi connectivity index (χ3n) is 3.49. The molecule has 18 heavy (non-hydrogen) atoms. The molecule has 0 bridgehead atoms. The van der Waals surface area contributed by atoms with Crippen LogP contribution in [0.2, 0.25) is 0 Å². The number of hydrogen-bond donors (Lipinski definition) is 2. The summed E-state index contributed by atoms with van der Waals surface area (Å²) in [4.78, 5) is 11.8. The third kappa shape index (κ3) is 2.63. The smallest absolute Gasteiger partial charge is 0.315 e. The minimum atomic E-state index is -0.300. The molecule has 0 atom stereocenters. The predicted octanol–water partition coefficient (Wildman–Crippen LogP) is 2.91. The van der Waals surface area contributed by atoms with Crippen molar-refractivity contribution in [2.75, 3.05) is 6.54 Å². The Kier molecular flexibility index (Phi) is 3.84. The first-order valence-corrected chi connectivity index (χ1v) is 6.48. The lowest BCUT2D eigenvalue weighted by molar-refractivity contribution is 0.177. The molecule has 0 unspecified atom stereocenters. The van der Waals surface area contributed by atoms with Crippen LogP contribution < -0.4 is 10.6 Å². The van der Waals surface area contributed by atoms with Gasteiger partial charge in [0, 0.05) is 6.54 Å². The molecule has 1 aromatic carbocycles. The first-order valence-electron chi connectivity index (χ1n) is 6.48. The van der Waals surface area contributed by atoms with Gasteiger partial charge in [0.25, 0.3) is 0 Å². The molecule has 0 spiro atoms. The van der Waals surface area contributed by atoms with E-state index in [9.17, 15) is 9.18 Å². The number of urea groups is 1. The van der Waals surface area contributed by atoms with Crippen molar-refractivity contribution in [2.24, 2.45) is 0 Å². The lowest BCUT2D eigenvalue weighted by Crippen LogP contribution is -2.54. The number of halogens is 1. The number of nitrogens with one attached hydrogen (secondary N) is 2. The van der Waals surface area contributed by atoms with Crippen LogP contribution in [0.15, 0.2) is 24.3 Å². The van der Waals surface area contributed by atoms with Crippen LogP contribution in [-0.4, -0.2) is 12.6 Å². The Morgan fingerprint density at radius 3 is 2.50 bits per heavy atom. The van der Waals surface area contributed by atoms with Crippen molar-refractivity contribution in [1.82, 2.24) is 10.6 Å². The van der Waals surface area contributed by atoms with Crippen LogP contribution in [0.5, 0.6) is 0 Å². The third-order valence-corrected chi connectivity index (χ3v) is 3.49. The number of carbonyl (C=O) groups excluding carboxylic acids is 1. The Balaban J connectivity index is 2.06. The summed E-state index contributed by atoms with van der Waals surface area (Å²) in [5.41, 5.74) is 0.688. The Bertz CT molecular complexity index is 412. The molecule has 2 amide bonds. The Morgan fingerprint density at radius 2 is 2.00 bits per heavy atom. The van der Waals surface area contributed by atoms with Crippen molar-refractivity contribution < 1.29 is 9.18 Å². The van der Waals surface area contributed by atoms with Crippen LogP contribution in [0.1, 0.15) is 38.2 Å². The second kappa shape index (κ2) is 5.38. The number of rotatable bonds is 4. The van der Waals surface area contributed by atoms with Gasteiger partial charge in [-0.15, -0.1) is 0 Å². The molecule has 1 aromatic rings. The van der Waals surface area contributed by atoms with Crippen LogP contribution in [-0.2, 0) is 5.54 Å². The molecule has 0 aliphatic heterocycles. The van der Waals surface area contributed by atoms with Gasteiger partial charge < -0.3 is 10.6 Å².